The highest BCUT2D eigenvalue weighted by atomic mass is 32.1. The summed E-state index contributed by atoms with van der Waals surface area (Å²) < 4.78 is 36.8. The molecule has 2 amide bonds. The third kappa shape index (κ3) is 12.1. The van der Waals surface area contributed by atoms with Gasteiger partial charge in [0.25, 0.3) is 0 Å². The molecule has 0 saturated heterocycles. The minimum atomic E-state index is -5.08. The fourth-order valence-corrected chi connectivity index (χ4v) is 3.38. The van der Waals surface area contributed by atoms with E-state index in [0.717, 1.165) is 23.5 Å². The number of methoxy groups -OCH3 is 1. The minimum absolute atomic E-state index is 0.216. The van der Waals surface area contributed by atoms with Crippen molar-refractivity contribution in [3.8, 4) is 5.75 Å². The van der Waals surface area contributed by atoms with Gasteiger partial charge in [-0.2, -0.15) is 13.2 Å². The molecule has 8 nitrogen and oxygen atoms in total. The number of nitrogens with two attached hydrogens (primary N) is 1. The molecule has 0 aliphatic heterocycles. The zero-order valence-corrected chi connectivity index (χ0v) is 20.0. The van der Waals surface area contributed by atoms with Gasteiger partial charge in [0.05, 0.1) is 13.2 Å². The van der Waals surface area contributed by atoms with Crippen LogP contribution in [0.15, 0.2) is 53.9 Å². The Balaban J connectivity index is 0.000000762. The SMILES string of the molecule is CCC[C@@H](/C=C/C(=O)Nc1ccc(OC)cc1)NC(=O)[C@@H](N)Cc1cccs1.O=C(O)C(F)(F)F. The zero-order valence-electron chi connectivity index (χ0n) is 19.2. The summed E-state index contributed by atoms with van der Waals surface area (Å²) in [6, 6.07) is 10.1. The molecule has 0 spiro atoms. The summed E-state index contributed by atoms with van der Waals surface area (Å²) in [7, 11) is 1.59. The number of hydrogen-bond acceptors (Lipinski definition) is 6. The lowest BCUT2D eigenvalue weighted by atomic mass is 10.1. The summed E-state index contributed by atoms with van der Waals surface area (Å²) in [4.78, 5) is 34.5. The van der Waals surface area contributed by atoms with Gasteiger partial charge < -0.3 is 26.2 Å². The smallest absolute Gasteiger partial charge is 0.490 e. The van der Waals surface area contributed by atoms with Gasteiger partial charge >= 0.3 is 12.1 Å². The second-order valence-electron chi connectivity index (χ2n) is 7.17. The minimum Gasteiger partial charge on any atom is -0.497 e. The quantitative estimate of drug-likeness (QED) is 0.357. The highest BCUT2D eigenvalue weighted by molar-refractivity contribution is 7.09. The van der Waals surface area contributed by atoms with Gasteiger partial charge in [0.1, 0.15) is 5.75 Å². The predicted molar refractivity (Wildman–Crippen MR) is 127 cm³/mol. The van der Waals surface area contributed by atoms with Crippen molar-refractivity contribution < 1.29 is 37.4 Å². The van der Waals surface area contributed by atoms with Gasteiger partial charge in [-0.15, -0.1) is 11.3 Å². The Bertz CT molecular complexity index is 964. The highest BCUT2D eigenvalue weighted by Gasteiger charge is 2.38. The van der Waals surface area contributed by atoms with Crippen LogP contribution < -0.4 is 21.1 Å². The first-order valence-electron chi connectivity index (χ1n) is 10.5. The first kappa shape index (κ1) is 29.7. The number of ether oxygens (including phenoxy) is 1. The van der Waals surface area contributed by atoms with Crippen LogP contribution in [0.4, 0.5) is 18.9 Å². The van der Waals surface area contributed by atoms with E-state index in [1.54, 1.807) is 48.8 Å². The number of carboxylic acids is 1. The van der Waals surface area contributed by atoms with Crippen molar-refractivity contribution in [2.45, 2.75) is 44.4 Å². The summed E-state index contributed by atoms with van der Waals surface area (Å²) in [5.41, 5.74) is 6.69. The Kier molecular flexibility index (Phi) is 12.5. The Morgan fingerprint density at radius 3 is 2.31 bits per heavy atom. The normalized spacial score (nSPS) is 12.7. The Labute approximate surface area is 205 Å². The Morgan fingerprint density at radius 2 is 1.83 bits per heavy atom. The molecule has 0 fully saturated rings. The molecule has 1 heterocycles. The summed E-state index contributed by atoms with van der Waals surface area (Å²) in [5, 5.41) is 14.8. The van der Waals surface area contributed by atoms with E-state index < -0.39 is 18.2 Å². The van der Waals surface area contributed by atoms with E-state index >= 15 is 0 Å². The van der Waals surface area contributed by atoms with E-state index in [1.165, 1.54) is 6.08 Å². The maximum absolute atomic E-state index is 12.4. The van der Waals surface area contributed by atoms with Crippen molar-refractivity contribution >= 4 is 34.8 Å². The lowest BCUT2D eigenvalue weighted by Crippen LogP contribution is -2.45. The van der Waals surface area contributed by atoms with Crippen LogP contribution in [0.5, 0.6) is 5.75 Å². The predicted octanol–water partition coefficient (Wildman–Crippen LogP) is 3.74. The largest absolute Gasteiger partial charge is 0.497 e. The molecule has 0 saturated carbocycles. The molecule has 0 bridgehead atoms. The molecule has 1 aromatic heterocycles. The Hall–Kier alpha value is -3.38. The van der Waals surface area contributed by atoms with Gasteiger partial charge in [0, 0.05) is 29.1 Å². The molecular formula is C23H28F3N3O5S. The number of benzene rings is 1. The van der Waals surface area contributed by atoms with E-state index in [2.05, 4.69) is 10.6 Å². The van der Waals surface area contributed by atoms with Gasteiger partial charge in [-0.25, -0.2) is 4.79 Å². The second-order valence-corrected chi connectivity index (χ2v) is 8.21. The molecule has 0 unspecified atom stereocenters. The zero-order chi connectivity index (χ0) is 26.4. The van der Waals surface area contributed by atoms with Gasteiger partial charge in [-0.1, -0.05) is 25.5 Å². The molecule has 0 aliphatic rings. The second kappa shape index (κ2) is 14.8. The molecule has 0 radical (unpaired) electrons. The maximum atomic E-state index is 12.4. The standard InChI is InChI=1S/C21H27N3O3S.C2HF3O2/c1-3-5-15(24-21(26)19(22)14-18-6-4-13-28-18)9-12-20(25)23-16-7-10-17(27-2)11-8-16;3-2(4,5)1(6)7/h4,6-13,15,19H,3,5,14,22H2,1-2H3,(H,23,25)(H,24,26);(H,6,7)/b12-9+;/t15-,19-;/m0./s1. The number of amides is 2. The fourth-order valence-electron chi connectivity index (χ4n) is 2.62. The molecule has 12 heteroatoms. The first-order valence-corrected chi connectivity index (χ1v) is 11.4. The number of alkyl halides is 3. The third-order valence-corrected chi connectivity index (χ3v) is 5.24. The highest BCUT2D eigenvalue weighted by Crippen LogP contribution is 2.15. The maximum Gasteiger partial charge on any atom is 0.490 e. The average molecular weight is 516 g/mol. The van der Waals surface area contributed by atoms with Crippen LogP contribution in [0.2, 0.25) is 0 Å². The van der Waals surface area contributed by atoms with Crippen LogP contribution in [-0.2, 0) is 20.8 Å². The molecule has 0 aliphatic carbocycles. The topological polar surface area (TPSA) is 131 Å². The third-order valence-electron chi connectivity index (χ3n) is 4.35. The van der Waals surface area contributed by atoms with Gasteiger partial charge in [-0.05, 0) is 42.1 Å². The molecule has 35 heavy (non-hydrogen) atoms. The van der Waals surface area contributed by atoms with E-state index in [-0.39, 0.29) is 17.9 Å². The molecule has 2 atom stereocenters. The number of halogens is 3. The molecule has 5 N–H and O–H groups in total. The van der Waals surface area contributed by atoms with Gasteiger partial charge in [-0.3, -0.25) is 9.59 Å². The summed E-state index contributed by atoms with van der Waals surface area (Å²) >= 11 is 1.58. The molecule has 2 aromatic rings. The fraction of sp³-hybridized carbons (Fsp3) is 0.348. The van der Waals surface area contributed by atoms with Gasteiger partial charge in [0.15, 0.2) is 0 Å². The van der Waals surface area contributed by atoms with Crippen LogP contribution in [-0.4, -0.2) is 48.3 Å². The van der Waals surface area contributed by atoms with Crippen molar-refractivity contribution in [3.05, 3.63) is 58.8 Å². The van der Waals surface area contributed by atoms with Crippen LogP contribution in [0.1, 0.15) is 24.6 Å². The van der Waals surface area contributed by atoms with E-state index in [1.807, 2.05) is 24.4 Å². The van der Waals surface area contributed by atoms with E-state index in [4.69, 9.17) is 20.4 Å². The van der Waals surface area contributed by atoms with Crippen molar-refractivity contribution in [1.82, 2.24) is 5.32 Å². The van der Waals surface area contributed by atoms with Gasteiger partial charge in [0.2, 0.25) is 11.8 Å². The lowest BCUT2D eigenvalue weighted by molar-refractivity contribution is -0.192. The number of carbonyl (C=O) groups is 3. The van der Waals surface area contributed by atoms with E-state index in [0.29, 0.717) is 12.1 Å². The summed E-state index contributed by atoms with van der Waals surface area (Å²) in [5.74, 6) is -2.51. The number of hydrogen-bond donors (Lipinski definition) is 4. The number of nitrogens with one attached hydrogen (secondary N) is 2. The number of thiophene rings is 1. The molecular weight excluding hydrogens is 487 g/mol. The number of carbonyl (C=O) groups excluding carboxylic acids is 2. The van der Waals surface area contributed by atoms with Crippen LogP contribution in [0, 0.1) is 0 Å². The van der Waals surface area contributed by atoms with Crippen molar-refractivity contribution in [1.29, 1.82) is 0 Å². The summed E-state index contributed by atoms with van der Waals surface area (Å²) in [6.07, 6.45) is 0.164. The van der Waals surface area contributed by atoms with Crippen molar-refractivity contribution in [3.63, 3.8) is 0 Å². The molecule has 2 rings (SSSR count). The number of carboxylic acid groups (broad SMARTS) is 1. The summed E-state index contributed by atoms with van der Waals surface area (Å²) in [6.45, 7) is 2.02. The van der Waals surface area contributed by atoms with Crippen LogP contribution >= 0.6 is 11.3 Å². The number of rotatable bonds is 10. The Morgan fingerprint density at radius 1 is 1.20 bits per heavy atom. The van der Waals surface area contributed by atoms with Crippen molar-refractivity contribution in [2.75, 3.05) is 12.4 Å². The van der Waals surface area contributed by atoms with Crippen LogP contribution in [0.3, 0.4) is 0 Å². The molecule has 192 valence electrons. The first-order chi connectivity index (χ1) is 16.5. The number of anilines is 1. The average Bonchev–Trinajstić information content (AvgIpc) is 3.31. The van der Waals surface area contributed by atoms with Crippen molar-refractivity contribution in [2.24, 2.45) is 5.73 Å². The monoisotopic (exact) mass is 515 g/mol. The van der Waals surface area contributed by atoms with E-state index in [9.17, 15) is 22.8 Å². The number of aliphatic carboxylic acids is 1. The lowest BCUT2D eigenvalue weighted by Gasteiger charge is -2.17. The van der Waals surface area contributed by atoms with Crippen LogP contribution in [0.25, 0.3) is 0 Å². The molecule has 1 aromatic carbocycles.